The van der Waals surface area contributed by atoms with Crippen LogP contribution in [0.25, 0.3) is 5.57 Å². The van der Waals surface area contributed by atoms with E-state index in [1.165, 1.54) is 59.1 Å². The molecule has 0 aliphatic heterocycles. The maximum atomic E-state index is 2.62. The fourth-order valence-electron chi connectivity index (χ4n) is 8.14. The van der Waals surface area contributed by atoms with Crippen LogP contribution in [0.4, 0.5) is 0 Å². The number of rotatable bonds is 2. The molecule has 42 heavy (non-hydrogen) atoms. The van der Waals surface area contributed by atoms with Gasteiger partial charge in [0.05, 0.1) is 0 Å². The molecular formula is C38H52Cl2HfSi-2. The van der Waals surface area contributed by atoms with E-state index in [1.807, 2.05) is 30.3 Å². The molecular weight excluding hydrogens is 734 g/mol. The fraction of sp³-hybridized carbons (Fsp3) is 0.526. The van der Waals surface area contributed by atoms with Crippen molar-refractivity contribution in [2.45, 2.75) is 101 Å². The molecule has 0 N–H and O–H groups in total. The van der Waals surface area contributed by atoms with Gasteiger partial charge in [-0.2, -0.15) is 29.3 Å². The van der Waals surface area contributed by atoms with Crippen molar-refractivity contribution in [3.63, 3.8) is 0 Å². The Hall–Kier alpha value is -0.673. The van der Waals surface area contributed by atoms with E-state index in [-0.39, 0.29) is 52.0 Å². The normalized spacial score (nSPS) is 25.1. The van der Waals surface area contributed by atoms with Gasteiger partial charge in [-0.1, -0.05) is 113 Å². The monoisotopic (exact) mass is 786 g/mol. The Bertz CT molecular complexity index is 1300. The zero-order valence-electron chi connectivity index (χ0n) is 27.7. The minimum Gasteiger partial charge on any atom is -1.00 e. The molecule has 1 fully saturated rings. The summed E-state index contributed by atoms with van der Waals surface area (Å²) in [5.41, 5.74) is 10.6. The van der Waals surface area contributed by atoms with E-state index in [0.29, 0.717) is 5.92 Å². The Morgan fingerprint density at radius 2 is 1.50 bits per heavy atom. The fourth-order valence-corrected chi connectivity index (χ4v) is 8.64. The van der Waals surface area contributed by atoms with E-state index in [2.05, 4.69) is 106 Å². The van der Waals surface area contributed by atoms with Gasteiger partial charge in [0, 0.05) is 0 Å². The molecule has 0 bridgehead atoms. The average molecular weight is 786 g/mol. The van der Waals surface area contributed by atoms with Crippen molar-refractivity contribution in [2.75, 3.05) is 0 Å². The molecule has 2 aromatic carbocycles. The first kappa shape index (κ1) is 37.5. The summed E-state index contributed by atoms with van der Waals surface area (Å²) in [5.74, 6) is 2.24. The molecule has 2 aromatic rings. The van der Waals surface area contributed by atoms with E-state index in [9.17, 15) is 0 Å². The van der Waals surface area contributed by atoms with Crippen molar-refractivity contribution in [1.82, 2.24) is 0 Å². The van der Waals surface area contributed by atoms with Gasteiger partial charge in [0.2, 0.25) is 0 Å². The van der Waals surface area contributed by atoms with Crippen molar-refractivity contribution in [3.8, 4) is 0 Å². The third-order valence-corrected chi connectivity index (χ3v) is 21.5. The first-order chi connectivity index (χ1) is 18.8. The third kappa shape index (κ3) is 5.86. The van der Waals surface area contributed by atoms with E-state index in [4.69, 9.17) is 0 Å². The van der Waals surface area contributed by atoms with Gasteiger partial charge in [0.1, 0.15) is 0 Å². The first-order valence-electron chi connectivity index (χ1n) is 15.6. The maximum Gasteiger partial charge on any atom is -0.00969 e. The Balaban J connectivity index is 0.000000403. The van der Waals surface area contributed by atoms with Gasteiger partial charge < -0.3 is 24.8 Å². The molecule has 0 aromatic heterocycles. The maximum absolute atomic E-state index is 2.62. The van der Waals surface area contributed by atoms with Crippen LogP contribution in [0.15, 0.2) is 83.5 Å². The number of allylic oxidation sites excluding steroid dienone is 6. The van der Waals surface area contributed by atoms with Gasteiger partial charge in [-0.3, -0.25) is 0 Å². The van der Waals surface area contributed by atoms with E-state index in [1.54, 1.807) is 28.2 Å². The molecule has 6 rings (SSSR count). The molecule has 2 unspecified atom stereocenters. The second kappa shape index (κ2) is 14.2. The van der Waals surface area contributed by atoms with Crippen molar-refractivity contribution < 1.29 is 47.8 Å². The Morgan fingerprint density at radius 1 is 0.905 bits per heavy atom. The predicted molar refractivity (Wildman–Crippen MR) is 173 cm³/mol. The zero-order chi connectivity index (χ0) is 29.5. The summed E-state index contributed by atoms with van der Waals surface area (Å²) in [5, 5.41) is 0. The second-order valence-electron chi connectivity index (χ2n) is 14.0. The standard InChI is InChI=1S/C29H37.C5H5.C4H10Si.2ClH.Hf/c1-18-25-22-17-19-13-9-10-14-20(19)24(22)21-15-11-12-16-23(21)29(25,8)28(6,7)27(4,5)26(18,2)3;1-2-4-5-3-1;1-3-5-4-2;;;/h9-11,13-15,23H,12,16-17H2,1-8H3;1-5H;3-4H2,1-2H3;2*1H;/q2*-1;;;;+2/p-2. The van der Waals surface area contributed by atoms with Crippen LogP contribution in [0.1, 0.15) is 93.2 Å². The smallest absolute Gasteiger partial charge is 0.00969 e. The van der Waals surface area contributed by atoms with Crippen molar-refractivity contribution in [1.29, 1.82) is 0 Å². The summed E-state index contributed by atoms with van der Waals surface area (Å²) >= 11 is 1.49. The van der Waals surface area contributed by atoms with Crippen molar-refractivity contribution in [3.05, 3.63) is 101 Å². The van der Waals surface area contributed by atoms with E-state index >= 15 is 0 Å². The molecule has 1 saturated carbocycles. The van der Waals surface area contributed by atoms with Crippen LogP contribution < -0.4 is 24.8 Å². The number of hydrogen-bond acceptors (Lipinski definition) is 0. The zero-order valence-corrected chi connectivity index (χ0v) is 33.8. The van der Waals surface area contributed by atoms with Crippen molar-refractivity contribution in [2.24, 2.45) is 27.6 Å². The van der Waals surface area contributed by atoms with Crippen LogP contribution in [-0.2, 0) is 29.4 Å². The first-order valence-corrected chi connectivity index (χ1v) is 22.9. The molecule has 228 valence electrons. The number of fused-ring (bicyclic) bond motifs is 6. The van der Waals surface area contributed by atoms with Crippen LogP contribution in [0, 0.1) is 33.5 Å². The van der Waals surface area contributed by atoms with Crippen molar-refractivity contribution >= 4 is 11.1 Å². The molecule has 4 aliphatic rings. The van der Waals surface area contributed by atoms with Crippen LogP contribution in [0.3, 0.4) is 0 Å². The summed E-state index contributed by atoms with van der Waals surface area (Å²) in [4.78, 5) is 0. The summed E-state index contributed by atoms with van der Waals surface area (Å²) in [6, 6.07) is 22.1. The molecule has 0 spiro atoms. The summed E-state index contributed by atoms with van der Waals surface area (Å²) < 4.78 is 0. The Kier molecular flexibility index (Phi) is 12.7. The summed E-state index contributed by atoms with van der Waals surface area (Å²) in [6.45, 7) is 24.9. The predicted octanol–water partition coefficient (Wildman–Crippen LogP) is 4.94. The van der Waals surface area contributed by atoms with Crippen LogP contribution in [-0.4, -0.2) is 5.49 Å². The molecule has 0 saturated heterocycles. The summed E-state index contributed by atoms with van der Waals surface area (Å²) in [7, 11) is 0. The topological polar surface area (TPSA) is 0 Å². The molecule has 4 aliphatic carbocycles. The molecule has 2 atom stereocenters. The average Bonchev–Trinajstić information content (AvgIpc) is 3.64. The van der Waals surface area contributed by atoms with E-state index < -0.39 is 0 Å². The van der Waals surface area contributed by atoms with Gasteiger partial charge >= 0.3 is 54.4 Å². The van der Waals surface area contributed by atoms with Gasteiger partial charge in [-0.05, 0) is 40.6 Å². The van der Waals surface area contributed by atoms with Gasteiger partial charge in [0.15, 0.2) is 0 Å². The number of benzene rings is 1. The molecule has 4 heteroatoms. The molecule has 0 radical (unpaired) electrons. The number of hydrogen-bond donors (Lipinski definition) is 0. The van der Waals surface area contributed by atoms with Gasteiger partial charge in [0.25, 0.3) is 0 Å². The van der Waals surface area contributed by atoms with E-state index in [0.717, 1.165) is 6.42 Å². The molecule has 0 nitrogen and oxygen atoms in total. The minimum atomic E-state index is 0. The summed E-state index contributed by atoms with van der Waals surface area (Å²) in [6.07, 6.45) is 8.50. The second-order valence-corrected chi connectivity index (χ2v) is 24.3. The SMILES string of the molecule is CC[Si](=[Hf+2])CC.C[C-]1C2=C3Cc4ccccc4C3=C3C=CCCC3C2(C)C(C)(C)C(C)(C)C1(C)C.[Cl-].[Cl-].c1cc[cH-]c1. The molecule has 0 heterocycles. The van der Waals surface area contributed by atoms with Crippen LogP contribution in [0.2, 0.25) is 12.1 Å². The van der Waals surface area contributed by atoms with Crippen LogP contribution in [0.5, 0.6) is 0 Å². The Labute approximate surface area is 285 Å². The largest absolute Gasteiger partial charge is 1.00 e. The minimum absolute atomic E-state index is 0. The Morgan fingerprint density at radius 3 is 2.02 bits per heavy atom. The van der Waals surface area contributed by atoms with Crippen LogP contribution >= 0.6 is 0 Å². The quantitative estimate of drug-likeness (QED) is 0.299. The number of halogens is 2. The third-order valence-electron chi connectivity index (χ3n) is 12.2. The molecule has 0 amide bonds. The van der Waals surface area contributed by atoms with Gasteiger partial charge in [-0.25, -0.2) is 18.1 Å². The van der Waals surface area contributed by atoms with Gasteiger partial charge in [-0.15, -0.1) is 6.92 Å².